The molecule has 0 aliphatic heterocycles. The number of hydrogen-bond acceptors (Lipinski definition) is 6. The second kappa shape index (κ2) is 5.79. The Morgan fingerprint density at radius 2 is 1.83 bits per heavy atom. The van der Waals surface area contributed by atoms with E-state index in [-0.39, 0.29) is 28.6 Å². The van der Waals surface area contributed by atoms with E-state index in [0.717, 1.165) is 24.6 Å². The maximum absolute atomic E-state index is 13.1. The Balaban J connectivity index is 1.96. The van der Waals surface area contributed by atoms with Gasteiger partial charge >= 0.3 is 0 Å². The van der Waals surface area contributed by atoms with E-state index in [1.807, 2.05) is 0 Å². The van der Waals surface area contributed by atoms with Crippen LogP contribution in [0.25, 0.3) is 11.5 Å². The van der Waals surface area contributed by atoms with Crippen LogP contribution in [0.2, 0.25) is 0 Å². The summed E-state index contributed by atoms with van der Waals surface area (Å²) >= 11 is 0. The molecule has 0 aliphatic carbocycles. The molecule has 0 atom stereocenters. The van der Waals surface area contributed by atoms with Crippen LogP contribution in [0.15, 0.2) is 47.2 Å². The fourth-order valence-electron chi connectivity index (χ4n) is 1.87. The first-order chi connectivity index (χ1) is 11.0. The lowest BCUT2D eigenvalue weighted by Crippen LogP contribution is -1.94. The third-order valence-electron chi connectivity index (χ3n) is 2.88. The normalized spacial score (nSPS) is 10.5. The van der Waals surface area contributed by atoms with Crippen molar-refractivity contribution >= 4 is 5.69 Å². The second-order valence-corrected chi connectivity index (χ2v) is 4.36. The van der Waals surface area contributed by atoms with Gasteiger partial charge in [0, 0.05) is 6.07 Å². The van der Waals surface area contributed by atoms with Gasteiger partial charge in [0.25, 0.3) is 11.6 Å². The summed E-state index contributed by atoms with van der Waals surface area (Å²) in [5.41, 5.74) is -0.209. The maximum atomic E-state index is 13.1. The molecule has 0 saturated carbocycles. The Hall–Kier alpha value is -3.36. The molecular weight excluding hydrogens is 312 g/mol. The molecule has 2 aromatic carbocycles. The monoisotopic (exact) mass is 319 g/mol. The quantitative estimate of drug-likeness (QED) is 0.537. The van der Waals surface area contributed by atoms with Crippen molar-refractivity contribution in [3.8, 4) is 23.0 Å². The van der Waals surface area contributed by atoms with Crippen molar-refractivity contribution in [3.63, 3.8) is 0 Å². The second-order valence-electron chi connectivity index (χ2n) is 4.36. The van der Waals surface area contributed by atoms with Gasteiger partial charge in [-0.25, -0.2) is 8.78 Å². The van der Waals surface area contributed by atoms with E-state index < -0.39 is 16.6 Å². The van der Waals surface area contributed by atoms with Gasteiger partial charge in [-0.05, 0) is 24.3 Å². The Bertz CT molecular complexity index is 868. The van der Waals surface area contributed by atoms with Crippen molar-refractivity contribution < 1.29 is 22.9 Å². The van der Waals surface area contributed by atoms with Crippen LogP contribution in [0.1, 0.15) is 0 Å². The van der Waals surface area contributed by atoms with Crippen LogP contribution >= 0.6 is 0 Å². The van der Waals surface area contributed by atoms with E-state index in [2.05, 4.69) is 10.2 Å². The van der Waals surface area contributed by atoms with Gasteiger partial charge in [0.15, 0.2) is 11.6 Å². The zero-order valence-corrected chi connectivity index (χ0v) is 11.3. The Morgan fingerprint density at radius 1 is 1.09 bits per heavy atom. The van der Waals surface area contributed by atoms with Crippen molar-refractivity contribution in [1.82, 2.24) is 10.2 Å². The van der Waals surface area contributed by atoms with Crippen LogP contribution in [-0.2, 0) is 0 Å². The number of nitrogens with zero attached hydrogens (tertiary/aromatic N) is 3. The molecule has 0 aliphatic rings. The van der Waals surface area contributed by atoms with E-state index in [0.29, 0.717) is 0 Å². The minimum Gasteiger partial charge on any atom is -0.457 e. The summed E-state index contributed by atoms with van der Waals surface area (Å²) in [5.74, 6) is -2.04. The standard InChI is InChI=1S/C14H7F2N3O4/c15-11-4-2-8(5-12(11)16)23-9-1-3-10(13(6-9)19(20)21)14-18-17-7-22-14/h1-7H. The van der Waals surface area contributed by atoms with Gasteiger partial charge in [0.2, 0.25) is 6.39 Å². The van der Waals surface area contributed by atoms with Crippen LogP contribution in [0.3, 0.4) is 0 Å². The molecular formula is C14H7F2N3O4. The fourth-order valence-corrected chi connectivity index (χ4v) is 1.87. The number of nitro groups is 1. The zero-order chi connectivity index (χ0) is 16.4. The highest BCUT2D eigenvalue weighted by Crippen LogP contribution is 2.33. The zero-order valence-electron chi connectivity index (χ0n) is 11.3. The van der Waals surface area contributed by atoms with E-state index in [9.17, 15) is 18.9 Å². The molecule has 0 saturated heterocycles. The molecule has 0 fully saturated rings. The molecule has 0 spiro atoms. The summed E-state index contributed by atoms with van der Waals surface area (Å²) in [6, 6.07) is 6.84. The molecule has 1 aromatic heterocycles. The first-order valence-corrected chi connectivity index (χ1v) is 6.22. The van der Waals surface area contributed by atoms with Crippen molar-refractivity contribution in [3.05, 3.63) is 64.5 Å². The lowest BCUT2D eigenvalue weighted by atomic mass is 10.1. The Morgan fingerprint density at radius 3 is 2.48 bits per heavy atom. The molecule has 3 rings (SSSR count). The number of aromatic nitrogens is 2. The van der Waals surface area contributed by atoms with E-state index in [4.69, 9.17) is 9.15 Å². The SMILES string of the molecule is O=[N+]([O-])c1cc(Oc2ccc(F)c(F)c2)ccc1-c1nnco1. The van der Waals surface area contributed by atoms with Crippen molar-refractivity contribution in [2.45, 2.75) is 0 Å². The molecule has 116 valence electrons. The highest BCUT2D eigenvalue weighted by molar-refractivity contribution is 5.68. The maximum Gasteiger partial charge on any atom is 0.285 e. The van der Waals surface area contributed by atoms with Crippen molar-refractivity contribution in [2.75, 3.05) is 0 Å². The molecule has 9 heteroatoms. The highest BCUT2D eigenvalue weighted by atomic mass is 19.2. The number of ether oxygens (including phenoxy) is 1. The third kappa shape index (κ3) is 2.98. The van der Waals surface area contributed by atoms with E-state index in [1.165, 1.54) is 18.2 Å². The van der Waals surface area contributed by atoms with Gasteiger partial charge < -0.3 is 9.15 Å². The summed E-state index contributed by atoms with van der Waals surface area (Å²) in [5, 5.41) is 18.2. The molecule has 1 heterocycles. The molecule has 0 radical (unpaired) electrons. The van der Waals surface area contributed by atoms with Crippen LogP contribution < -0.4 is 4.74 Å². The number of nitro benzene ring substituents is 1. The van der Waals surface area contributed by atoms with Gasteiger partial charge in [-0.1, -0.05) is 0 Å². The molecule has 3 aromatic rings. The smallest absolute Gasteiger partial charge is 0.285 e. The first kappa shape index (κ1) is 14.6. The summed E-state index contributed by atoms with van der Waals surface area (Å²) in [6.07, 6.45) is 1.05. The molecule has 0 bridgehead atoms. The predicted molar refractivity (Wildman–Crippen MR) is 72.8 cm³/mol. The third-order valence-corrected chi connectivity index (χ3v) is 2.88. The number of hydrogen-bond donors (Lipinski definition) is 0. The van der Waals surface area contributed by atoms with Crippen molar-refractivity contribution in [1.29, 1.82) is 0 Å². The summed E-state index contributed by atoms with van der Waals surface area (Å²) < 4.78 is 36.3. The van der Waals surface area contributed by atoms with Crippen LogP contribution in [0.5, 0.6) is 11.5 Å². The van der Waals surface area contributed by atoms with Gasteiger partial charge in [0.05, 0.1) is 11.0 Å². The minimum atomic E-state index is -1.08. The molecule has 0 unspecified atom stereocenters. The molecule has 23 heavy (non-hydrogen) atoms. The van der Waals surface area contributed by atoms with Crippen LogP contribution in [-0.4, -0.2) is 15.1 Å². The van der Waals surface area contributed by atoms with Gasteiger partial charge in [-0.15, -0.1) is 10.2 Å². The number of benzene rings is 2. The largest absolute Gasteiger partial charge is 0.457 e. The topological polar surface area (TPSA) is 91.3 Å². The Labute approximate surface area is 127 Å². The van der Waals surface area contributed by atoms with Gasteiger partial charge in [0.1, 0.15) is 17.1 Å². The number of halogens is 2. The van der Waals surface area contributed by atoms with Gasteiger partial charge in [-0.3, -0.25) is 10.1 Å². The number of rotatable bonds is 4. The average molecular weight is 319 g/mol. The summed E-state index contributed by atoms with van der Waals surface area (Å²) in [4.78, 5) is 10.5. The summed E-state index contributed by atoms with van der Waals surface area (Å²) in [6.45, 7) is 0. The summed E-state index contributed by atoms with van der Waals surface area (Å²) in [7, 11) is 0. The van der Waals surface area contributed by atoms with E-state index >= 15 is 0 Å². The van der Waals surface area contributed by atoms with Crippen LogP contribution in [0.4, 0.5) is 14.5 Å². The van der Waals surface area contributed by atoms with Crippen molar-refractivity contribution in [2.24, 2.45) is 0 Å². The molecule has 0 amide bonds. The Kier molecular flexibility index (Phi) is 3.67. The van der Waals surface area contributed by atoms with E-state index in [1.54, 1.807) is 0 Å². The van der Waals surface area contributed by atoms with Gasteiger partial charge in [-0.2, -0.15) is 0 Å². The highest BCUT2D eigenvalue weighted by Gasteiger charge is 2.20. The lowest BCUT2D eigenvalue weighted by molar-refractivity contribution is -0.384. The average Bonchev–Trinajstić information content (AvgIpc) is 3.05. The lowest BCUT2D eigenvalue weighted by Gasteiger charge is -2.07. The molecule has 7 nitrogen and oxygen atoms in total. The minimum absolute atomic E-state index is 0.00346. The molecule has 0 N–H and O–H groups in total. The first-order valence-electron chi connectivity index (χ1n) is 6.22. The predicted octanol–water partition coefficient (Wildman–Crippen LogP) is 3.72. The fraction of sp³-hybridized carbons (Fsp3) is 0. The van der Waals surface area contributed by atoms with Crippen LogP contribution in [0, 0.1) is 21.7 Å².